The van der Waals surface area contributed by atoms with Crippen molar-refractivity contribution in [1.82, 2.24) is 14.6 Å². The number of esters is 1. The lowest BCUT2D eigenvalue weighted by molar-refractivity contribution is -0.131. The van der Waals surface area contributed by atoms with Gasteiger partial charge in [0, 0.05) is 6.92 Å². The Balaban J connectivity index is 1.81. The molecule has 0 unspecified atom stereocenters. The molecule has 0 spiro atoms. The van der Waals surface area contributed by atoms with E-state index in [9.17, 15) is 9.59 Å². The zero-order valence-electron chi connectivity index (χ0n) is 13.7. The Kier molecular flexibility index (Phi) is 4.06. The molecule has 0 bridgehead atoms. The Bertz CT molecular complexity index is 1210. The van der Waals surface area contributed by atoms with E-state index in [0.29, 0.717) is 26.6 Å². The molecule has 0 saturated carbocycles. The number of hydrogen-bond donors (Lipinski definition) is 0. The van der Waals surface area contributed by atoms with Gasteiger partial charge in [-0.15, -0.1) is 5.10 Å². The van der Waals surface area contributed by atoms with Crippen LogP contribution in [-0.2, 0) is 4.79 Å². The van der Waals surface area contributed by atoms with Crippen molar-refractivity contribution in [3.63, 3.8) is 0 Å². The van der Waals surface area contributed by atoms with Gasteiger partial charge in [-0.1, -0.05) is 53.8 Å². The van der Waals surface area contributed by atoms with E-state index >= 15 is 0 Å². The highest BCUT2D eigenvalue weighted by Gasteiger charge is 2.16. The van der Waals surface area contributed by atoms with Gasteiger partial charge in [-0.3, -0.25) is 9.59 Å². The second-order valence-corrected chi connectivity index (χ2v) is 6.56. The minimum atomic E-state index is -0.428. The molecule has 6 nitrogen and oxygen atoms in total. The zero-order chi connectivity index (χ0) is 18.1. The van der Waals surface area contributed by atoms with Gasteiger partial charge in [0.25, 0.3) is 5.56 Å². The molecule has 2 heterocycles. The molecule has 4 aromatic rings. The Labute approximate surface area is 152 Å². The average molecular weight is 363 g/mol. The first-order chi connectivity index (χ1) is 12.6. The molecule has 0 amide bonds. The largest absolute Gasteiger partial charge is 0.426 e. The third-order valence-electron chi connectivity index (χ3n) is 3.66. The molecular weight excluding hydrogens is 350 g/mol. The van der Waals surface area contributed by atoms with E-state index in [2.05, 4.69) is 10.1 Å². The normalized spacial score (nSPS) is 11.8. The first-order valence-corrected chi connectivity index (χ1v) is 8.67. The standard InChI is InChI=1S/C19H13N3O3S/c1-12(23)25-15-10-6-5-9-14(15)17-20-19-22(21-17)18(24)16(26-19)11-13-7-3-2-4-8-13/h2-11H,1H3. The van der Waals surface area contributed by atoms with E-state index in [0.717, 1.165) is 5.56 Å². The summed E-state index contributed by atoms with van der Waals surface area (Å²) in [6, 6.07) is 16.6. The highest BCUT2D eigenvalue weighted by atomic mass is 32.1. The summed E-state index contributed by atoms with van der Waals surface area (Å²) in [7, 11) is 0. The van der Waals surface area contributed by atoms with E-state index in [1.165, 1.54) is 22.8 Å². The minimum absolute atomic E-state index is 0.224. The smallest absolute Gasteiger partial charge is 0.308 e. The predicted octanol–water partition coefficient (Wildman–Crippen LogP) is 2.29. The van der Waals surface area contributed by atoms with E-state index in [1.54, 1.807) is 24.3 Å². The SMILES string of the molecule is CC(=O)Oc1ccccc1-c1nc2sc(=Cc3ccccc3)c(=O)n2n1. The molecule has 2 aromatic heterocycles. The molecule has 0 N–H and O–H groups in total. The summed E-state index contributed by atoms with van der Waals surface area (Å²) in [6.07, 6.45) is 1.82. The topological polar surface area (TPSA) is 73.6 Å². The van der Waals surface area contributed by atoms with Gasteiger partial charge in [0.05, 0.1) is 10.1 Å². The zero-order valence-corrected chi connectivity index (χ0v) is 14.6. The van der Waals surface area contributed by atoms with Gasteiger partial charge in [0.15, 0.2) is 5.82 Å². The minimum Gasteiger partial charge on any atom is -0.426 e. The van der Waals surface area contributed by atoms with Gasteiger partial charge in [0.2, 0.25) is 4.96 Å². The van der Waals surface area contributed by atoms with Crippen molar-refractivity contribution in [3.05, 3.63) is 75.0 Å². The third kappa shape index (κ3) is 3.00. The number of para-hydroxylation sites is 1. The number of nitrogens with zero attached hydrogens (tertiary/aromatic N) is 3. The molecule has 0 fully saturated rings. The predicted molar refractivity (Wildman–Crippen MR) is 99.1 cm³/mol. The number of fused-ring (bicyclic) bond motifs is 1. The first kappa shape index (κ1) is 16.2. The first-order valence-electron chi connectivity index (χ1n) is 7.86. The Hall–Kier alpha value is -3.32. The number of carbonyl (C=O) groups is 1. The highest BCUT2D eigenvalue weighted by Crippen LogP contribution is 2.27. The summed E-state index contributed by atoms with van der Waals surface area (Å²) < 4.78 is 7.03. The van der Waals surface area contributed by atoms with Gasteiger partial charge in [-0.2, -0.15) is 9.50 Å². The summed E-state index contributed by atoms with van der Waals surface area (Å²) in [5.41, 5.74) is 1.28. The van der Waals surface area contributed by atoms with E-state index in [1.807, 2.05) is 36.4 Å². The quantitative estimate of drug-likeness (QED) is 0.412. The average Bonchev–Trinajstić information content (AvgIpc) is 3.16. The van der Waals surface area contributed by atoms with Gasteiger partial charge in [0.1, 0.15) is 5.75 Å². The lowest BCUT2D eigenvalue weighted by atomic mass is 10.2. The molecule has 0 saturated heterocycles. The van der Waals surface area contributed by atoms with Crippen molar-refractivity contribution in [3.8, 4) is 17.1 Å². The molecule has 0 aliphatic rings. The summed E-state index contributed by atoms with van der Waals surface area (Å²) in [4.78, 5) is 28.8. The van der Waals surface area contributed by atoms with Gasteiger partial charge in [-0.05, 0) is 23.8 Å². The van der Waals surface area contributed by atoms with Crippen LogP contribution in [0.25, 0.3) is 22.4 Å². The number of ether oxygens (including phenoxy) is 1. The van der Waals surface area contributed by atoms with Crippen molar-refractivity contribution < 1.29 is 9.53 Å². The Morgan fingerprint density at radius 1 is 1.12 bits per heavy atom. The van der Waals surface area contributed by atoms with E-state index in [-0.39, 0.29) is 5.56 Å². The number of aromatic nitrogens is 3. The fraction of sp³-hybridized carbons (Fsp3) is 0.0526. The molecule has 0 atom stereocenters. The van der Waals surface area contributed by atoms with Crippen LogP contribution in [0.15, 0.2) is 59.4 Å². The van der Waals surface area contributed by atoms with Crippen LogP contribution in [0, 0.1) is 0 Å². The van der Waals surface area contributed by atoms with Gasteiger partial charge < -0.3 is 4.74 Å². The molecule has 7 heteroatoms. The highest BCUT2D eigenvalue weighted by molar-refractivity contribution is 7.15. The fourth-order valence-electron chi connectivity index (χ4n) is 2.54. The van der Waals surface area contributed by atoms with Crippen molar-refractivity contribution in [1.29, 1.82) is 0 Å². The number of rotatable bonds is 3. The van der Waals surface area contributed by atoms with Crippen LogP contribution < -0.4 is 14.8 Å². The van der Waals surface area contributed by atoms with Crippen LogP contribution in [0.2, 0.25) is 0 Å². The van der Waals surface area contributed by atoms with Gasteiger partial charge in [-0.25, -0.2) is 0 Å². The van der Waals surface area contributed by atoms with Crippen LogP contribution in [0.3, 0.4) is 0 Å². The molecule has 128 valence electrons. The van der Waals surface area contributed by atoms with E-state index in [4.69, 9.17) is 4.74 Å². The van der Waals surface area contributed by atoms with Gasteiger partial charge >= 0.3 is 5.97 Å². The summed E-state index contributed by atoms with van der Waals surface area (Å²) in [6.45, 7) is 1.33. The van der Waals surface area contributed by atoms with Crippen LogP contribution in [-0.4, -0.2) is 20.6 Å². The molecule has 0 aliphatic heterocycles. The number of hydrogen-bond acceptors (Lipinski definition) is 6. The van der Waals surface area contributed by atoms with Crippen LogP contribution in [0.4, 0.5) is 0 Å². The Morgan fingerprint density at radius 3 is 2.58 bits per heavy atom. The molecule has 2 aromatic carbocycles. The van der Waals surface area contributed by atoms with Crippen LogP contribution in [0.1, 0.15) is 12.5 Å². The maximum absolute atomic E-state index is 12.6. The number of benzene rings is 2. The van der Waals surface area contributed by atoms with Crippen LogP contribution in [0.5, 0.6) is 5.75 Å². The van der Waals surface area contributed by atoms with Crippen molar-refractivity contribution in [2.24, 2.45) is 0 Å². The lowest BCUT2D eigenvalue weighted by Gasteiger charge is -2.04. The molecular formula is C19H13N3O3S. The monoisotopic (exact) mass is 363 g/mol. The summed E-state index contributed by atoms with van der Waals surface area (Å²) in [5.74, 6) is 0.279. The second kappa shape index (κ2) is 6.53. The number of carbonyl (C=O) groups excluding carboxylic acids is 1. The fourth-order valence-corrected chi connectivity index (χ4v) is 3.45. The van der Waals surface area contributed by atoms with Crippen molar-refractivity contribution in [2.45, 2.75) is 6.92 Å². The lowest BCUT2D eigenvalue weighted by Crippen LogP contribution is -2.23. The third-order valence-corrected chi connectivity index (χ3v) is 4.62. The molecule has 4 rings (SSSR count). The molecule has 26 heavy (non-hydrogen) atoms. The maximum Gasteiger partial charge on any atom is 0.308 e. The molecule has 0 radical (unpaired) electrons. The Morgan fingerprint density at radius 2 is 1.85 bits per heavy atom. The summed E-state index contributed by atoms with van der Waals surface area (Å²) in [5, 5.41) is 4.30. The maximum atomic E-state index is 12.6. The van der Waals surface area contributed by atoms with Crippen LogP contribution >= 0.6 is 11.3 Å². The van der Waals surface area contributed by atoms with Crippen molar-refractivity contribution in [2.75, 3.05) is 0 Å². The summed E-state index contributed by atoms with van der Waals surface area (Å²) >= 11 is 1.27. The van der Waals surface area contributed by atoms with Crippen molar-refractivity contribution >= 4 is 28.3 Å². The second-order valence-electron chi connectivity index (χ2n) is 5.55. The molecule has 0 aliphatic carbocycles. The van der Waals surface area contributed by atoms with E-state index < -0.39 is 5.97 Å². The number of thiazole rings is 1.